The second-order valence-corrected chi connectivity index (χ2v) is 33.7. The molecule has 0 aliphatic carbocycles. The van der Waals surface area contributed by atoms with Crippen molar-refractivity contribution in [2.24, 2.45) is 17.8 Å². The predicted molar refractivity (Wildman–Crippen MR) is 418 cm³/mol. The average molecular weight is 1490 g/mol. The van der Waals surface area contributed by atoms with Crippen LogP contribution in [0.25, 0.3) is 0 Å². The summed E-state index contributed by atoms with van der Waals surface area (Å²) in [6.45, 7) is 12.0. The SMILES string of the molecule is CCCCCCCCCCCCCCCCCCC(=O)O[C@H](COC(=O)CCCCCCCCCCC(C)CC)COP(=O)(O)OC[C@H](O)COP(=O)(O)OC[C@@H](COC(=O)CCCCCCCCCCCCCCCC(C)C)OC(=O)CCCCCCCCCCCCCCCCC(C)CC. The molecule has 19 heteroatoms. The number of aliphatic hydroxyl groups excluding tert-OH is 1. The maximum atomic E-state index is 13.1. The monoisotopic (exact) mass is 1490 g/mol. The molecule has 0 fully saturated rings. The Balaban J connectivity index is 5.28. The lowest BCUT2D eigenvalue weighted by atomic mass is 9.99. The topological polar surface area (TPSA) is 237 Å². The smallest absolute Gasteiger partial charge is 0.462 e. The molecule has 0 radical (unpaired) electrons. The van der Waals surface area contributed by atoms with Gasteiger partial charge >= 0.3 is 39.5 Å². The van der Waals surface area contributed by atoms with Crippen LogP contribution in [0.4, 0.5) is 0 Å². The largest absolute Gasteiger partial charge is 0.472 e. The Morgan fingerprint density at radius 1 is 0.284 bits per heavy atom. The zero-order chi connectivity index (χ0) is 75.1. The third-order valence-corrected chi connectivity index (χ3v) is 22.0. The van der Waals surface area contributed by atoms with Crippen molar-refractivity contribution < 1.29 is 80.2 Å². The van der Waals surface area contributed by atoms with Crippen molar-refractivity contribution in [1.29, 1.82) is 0 Å². The number of esters is 4. The van der Waals surface area contributed by atoms with Gasteiger partial charge in [0.2, 0.25) is 0 Å². The Labute approximate surface area is 626 Å². The first-order chi connectivity index (χ1) is 49.3. The first-order valence-electron chi connectivity index (χ1n) is 42.9. The number of unbranched alkanes of at least 4 members (excludes halogenated alkanes) is 47. The first-order valence-corrected chi connectivity index (χ1v) is 45.9. The van der Waals surface area contributed by atoms with Crippen molar-refractivity contribution in [1.82, 2.24) is 0 Å². The molecular weight excluding hydrogens is 1330 g/mol. The van der Waals surface area contributed by atoms with Crippen molar-refractivity contribution in [2.75, 3.05) is 39.6 Å². The Bertz CT molecular complexity index is 1980. The quantitative estimate of drug-likeness (QED) is 0.0222. The molecule has 0 aromatic heterocycles. The van der Waals surface area contributed by atoms with Gasteiger partial charge in [0, 0.05) is 25.7 Å². The third kappa shape index (κ3) is 73.6. The number of aliphatic hydroxyl groups is 1. The lowest BCUT2D eigenvalue weighted by Gasteiger charge is -2.21. The molecular formula is C83H162O17P2. The highest BCUT2D eigenvalue weighted by Gasteiger charge is 2.30. The summed E-state index contributed by atoms with van der Waals surface area (Å²) in [4.78, 5) is 73.2. The standard InChI is InChI=1S/C83H162O17P2/c1-8-11-12-13-14-15-16-17-18-19-25-31-36-45-52-59-66-83(88)100-79(71-94-81(86)65-58-51-44-39-38-42-49-56-63-76(7)10-3)73-98-102(91,92)96-69-77(84)68-95-101(89,90)97-72-78(70-93-80(85)64-57-50-43-35-30-27-22-23-28-33-40-47-54-61-74(4)5)99-82(87)67-60-53-46-37-32-26-21-20-24-29-34-41-48-55-62-75(6)9-2/h74-79,84H,8-73H2,1-7H3,(H,89,90)(H,91,92)/t75?,76?,77-,78-,79-/m1/s1. The van der Waals surface area contributed by atoms with Crippen LogP contribution in [0.1, 0.15) is 434 Å². The minimum atomic E-state index is -4.96. The van der Waals surface area contributed by atoms with Gasteiger partial charge in [0.1, 0.15) is 19.3 Å². The van der Waals surface area contributed by atoms with Crippen LogP contribution in [0.15, 0.2) is 0 Å². The van der Waals surface area contributed by atoms with Crippen LogP contribution in [0.3, 0.4) is 0 Å². The summed E-state index contributed by atoms with van der Waals surface area (Å²) in [6.07, 6.45) is 62.2. The van der Waals surface area contributed by atoms with Crippen molar-refractivity contribution in [2.45, 2.75) is 452 Å². The maximum absolute atomic E-state index is 13.1. The van der Waals surface area contributed by atoms with Crippen LogP contribution >= 0.6 is 15.6 Å². The molecule has 0 aromatic rings. The molecule has 0 bridgehead atoms. The highest BCUT2D eigenvalue weighted by Crippen LogP contribution is 2.45. The Hall–Kier alpha value is -1.94. The molecule has 4 unspecified atom stereocenters. The lowest BCUT2D eigenvalue weighted by Crippen LogP contribution is -2.30. The second-order valence-electron chi connectivity index (χ2n) is 30.8. The van der Waals surface area contributed by atoms with Gasteiger partial charge in [0.15, 0.2) is 12.2 Å². The van der Waals surface area contributed by atoms with Crippen LogP contribution in [0.2, 0.25) is 0 Å². The van der Waals surface area contributed by atoms with E-state index < -0.39 is 97.5 Å². The van der Waals surface area contributed by atoms with Crippen LogP contribution < -0.4 is 0 Å². The van der Waals surface area contributed by atoms with Gasteiger partial charge in [0.05, 0.1) is 26.4 Å². The molecule has 0 amide bonds. The van der Waals surface area contributed by atoms with Gasteiger partial charge in [-0.05, 0) is 43.4 Å². The molecule has 606 valence electrons. The molecule has 0 saturated heterocycles. The average Bonchev–Trinajstić information content (AvgIpc) is 0.931. The molecule has 17 nitrogen and oxygen atoms in total. The van der Waals surface area contributed by atoms with E-state index in [4.69, 9.17) is 37.0 Å². The van der Waals surface area contributed by atoms with E-state index in [-0.39, 0.29) is 25.7 Å². The molecule has 0 aliphatic heterocycles. The van der Waals surface area contributed by atoms with Crippen molar-refractivity contribution in [3.8, 4) is 0 Å². The highest BCUT2D eigenvalue weighted by atomic mass is 31.2. The number of phosphoric acid groups is 2. The number of hydrogen-bond acceptors (Lipinski definition) is 15. The van der Waals surface area contributed by atoms with Gasteiger partial charge in [-0.3, -0.25) is 37.3 Å². The summed E-state index contributed by atoms with van der Waals surface area (Å²) >= 11 is 0. The van der Waals surface area contributed by atoms with Crippen LogP contribution in [-0.4, -0.2) is 96.7 Å². The van der Waals surface area contributed by atoms with E-state index in [1.807, 2.05) is 0 Å². The van der Waals surface area contributed by atoms with Gasteiger partial charge < -0.3 is 33.8 Å². The second kappa shape index (κ2) is 73.2. The van der Waals surface area contributed by atoms with Crippen molar-refractivity contribution in [3.05, 3.63) is 0 Å². The number of phosphoric ester groups is 2. The molecule has 0 saturated carbocycles. The minimum absolute atomic E-state index is 0.108. The zero-order valence-electron chi connectivity index (χ0n) is 67.1. The van der Waals surface area contributed by atoms with E-state index in [1.165, 1.54) is 244 Å². The summed E-state index contributed by atoms with van der Waals surface area (Å²) in [7, 11) is -9.93. The zero-order valence-corrected chi connectivity index (χ0v) is 68.9. The van der Waals surface area contributed by atoms with E-state index in [1.54, 1.807) is 0 Å². The highest BCUT2D eigenvalue weighted by molar-refractivity contribution is 7.47. The normalized spacial score (nSPS) is 14.5. The minimum Gasteiger partial charge on any atom is -0.462 e. The molecule has 0 rings (SSSR count). The summed E-state index contributed by atoms with van der Waals surface area (Å²) in [6, 6.07) is 0. The van der Waals surface area contributed by atoms with Gasteiger partial charge in [-0.2, -0.15) is 0 Å². The van der Waals surface area contributed by atoms with Crippen LogP contribution in [0, 0.1) is 17.8 Å². The van der Waals surface area contributed by atoms with Gasteiger partial charge in [-0.25, -0.2) is 9.13 Å². The Morgan fingerprint density at radius 2 is 0.500 bits per heavy atom. The van der Waals surface area contributed by atoms with Crippen molar-refractivity contribution >= 4 is 39.5 Å². The molecule has 102 heavy (non-hydrogen) atoms. The van der Waals surface area contributed by atoms with Crippen LogP contribution in [-0.2, 0) is 65.4 Å². The van der Waals surface area contributed by atoms with Crippen LogP contribution in [0.5, 0.6) is 0 Å². The van der Waals surface area contributed by atoms with Gasteiger partial charge in [0.25, 0.3) is 0 Å². The summed E-state index contributed by atoms with van der Waals surface area (Å²) < 4.78 is 68.8. The van der Waals surface area contributed by atoms with Gasteiger partial charge in [-0.15, -0.1) is 0 Å². The molecule has 7 atom stereocenters. The third-order valence-electron chi connectivity index (χ3n) is 20.1. The van der Waals surface area contributed by atoms with E-state index in [9.17, 15) is 43.2 Å². The maximum Gasteiger partial charge on any atom is 0.472 e. The predicted octanol–water partition coefficient (Wildman–Crippen LogP) is 24.9. The summed E-state index contributed by atoms with van der Waals surface area (Å²) in [5.74, 6) is 0.308. The van der Waals surface area contributed by atoms with E-state index in [2.05, 4.69) is 48.5 Å². The number of carbonyl (C=O) groups excluding carboxylic acids is 4. The van der Waals surface area contributed by atoms with E-state index in [0.29, 0.717) is 25.7 Å². The fourth-order valence-electron chi connectivity index (χ4n) is 12.8. The molecule has 0 spiro atoms. The Kier molecular flexibility index (Phi) is 71.8. The van der Waals surface area contributed by atoms with Gasteiger partial charge in [-0.1, -0.05) is 382 Å². The fraction of sp³-hybridized carbons (Fsp3) is 0.952. The number of ether oxygens (including phenoxy) is 4. The fourth-order valence-corrected chi connectivity index (χ4v) is 14.4. The summed E-state index contributed by atoms with van der Waals surface area (Å²) in [5, 5.41) is 10.7. The lowest BCUT2D eigenvalue weighted by molar-refractivity contribution is -0.161. The van der Waals surface area contributed by atoms with E-state index >= 15 is 0 Å². The number of rotatable bonds is 81. The van der Waals surface area contributed by atoms with Crippen molar-refractivity contribution in [3.63, 3.8) is 0 Å². The molecule has 0 aromatic carbocycles. The molecule has 3 N–H and O–H groups in total. The molecule has 0 heterocycles. The number of hydrogen-bond donors (Lipinski definition) is 3. The first kappa shape index (κ1) is 100. The number of carbonyl (C=O) groups is 4. The van der Waals surface area contributed by atoms with E-state index in [0.717, 1.165) is 108 Å². The molecule has 0 aliphatic rings. The summed E-state index contributed by atoms with van der Waals surface area (Å²) in [5.41, 5.74) is 0. The Morgan fingerprint density at radius 3 is 0.745 bits per heavy atom.